The molecule has 0 radical (unpaired) electrons. The Morgan fingerprint density at radius 1 is 0.895 bits per heavy atom. The third kappa shape index (κ3) is 3.36. The molecule has 0 heterocycles. The highest BCUT2D eigenvalue weighted by Crippen LogP contribution is 2.29. The summed E-state index contributed by atoms with van der Waals surface area (Å²) in [6.07, 6.45) is 4.88. The van der Waals surface area contributed by atoms with E-state index in [-0.39, 0.29) is 6.04 Å². The first-order valence-electron chi connectivity index (χ1n) is 7.50. The van der Waals surface area contributed by atoms with Crippen molar-refractivity contribution in [2.45, 2.75) is 45.6 Å². The molecule has 2 rings (SSSR count). The van der Waals surface area contributed by atoms with Gasteiger partial charge in [0.25, 0.3) is 0 Å². The van der Waals surface area contributed by atoms with Gasteiger partial charge in [-0.2, -0.15) is 0 Å². The fourth-order valence-corrected chi connectivity index (χ4v) is 2.93. The lowest BCUT2D eigenvalue weighted by molar-refractivity contribution is 0.369. The van der Waals surface area contributed by atoms with Crippen molar-refractivity contribution in [3.63, 3.8) is 0 Å². The van der Waals surface area contributed by atoms with Crippen molar-refractivity contribution in [2.24, 2.45) is 11.7 Å². The Morgan fingerprint density at radius 2 is 1.53 bits per heavy atom. The van der Waals surface area contributed by atoms with Gasteiger partial charge in [0.1, 0.15) is 0 Å². The number of nitrogens with two attached hydrogens (primary N) is 1. The first kappa shape index (κ1) is 14.1. The Morgan fingerprint density at radius 3 is 2.16 bits per heavy atom. The minimum Gasteiger partial charge on any atom is -0.324 e. The van der Waals surface area contributed by atoms with Crippen LogP contribution in [0.5, 0.6) is 0 Å². The second-order valence-electron chi connectivity index (χ2n) is 5.47. The summed E-state index contributed by atoms with van der Waals surface area (Å²) < 4.78 is 0. The van der Waals surface area contributed by atoms with Crippen molar-refractivity contribution in [2.75, 3.05) is 0 Å². The van der Waals surface area contributed by atoms with Crippen LogP contribution in [-0.4, -0.2) is 0 Å². The molecule has 0 fully saturated rings. The van der Waals surface area contributed by atoms with E-state index in [1.807, 2.05) is 0 Å². The molecule has 1 atom stereocenters. The van der Waals surface area contributed by atoms with Crippen LogP contribution in [0.1, 0.15) is 51.1 Å². The van der Waals surface area contributed by atoms with E-state index in [9.17, 15) is 0 Å². The highest BCUT2D eigenvalue weighted by Gasteiger charge is 2.18. The van der Waals surface area contributed by atoms with Gasteiger partial charge in [0.05, 0.1) is 0 Å². The molecule has 0 spiro atoms. The summed E-state index contributed by atoms with van der Waals surface area (Å²) in [6, 6.07) is 15.3. The minimum atomic E-state index is 0.171. The summed E-state index contributed by atoms with van der Waals surface area (Å²) in [4.78, 5) is 0. The van der Waals surface area contributed by atoms with Gasteiger partial charge in [0.15, 0.2) is 0 Å². The Kier molecular flexibility index (Phi) is 4.98. The number of rotatable bonds is 6. The molecular formula is C18H25N. The maximum Gasteiger partial charge on any atom is 0.0323 e. The largest absolute Gasteiger partial charge is 0.324 e. The lowest BCUT2D eigenvalue weighted by Crippen LogP contribution is -2.21. The molecule has 102 valence electrons. The monoisotopic (exact) mass is 255 g/mol. The average molecular weight is 255 g/mol. The first-order valence-corrected chi connectivity index (χ1v) is 7.50. The number of benzene rings is 2. The smallest absolute Gasteiger partial charge is 0.0323 e. The van der Waals surface area contributed by atoms with Crippen molar-refractivity contribution >= 4 is 10.8 Å². The van der Waals surface area contributed by atoms with Gasteiger partial charge >= 0.3 is 0 Å². The molecule has 2 N–H and O–H groups in total. The lowest BCUT2D eigenvalue weighted by atomic mass is 9.86. The number of fused-ring (bicyclic) bond motifs is 1. The highest BCUT2D eigenvalue weighted by molar-refractivity contribution is 5.83. The fraction of sp³-hybridized carbons (Fsp3) is 0.444. The van der Waals surface area contributed by atoms with Gasteiger partial charge in [0.2, 0.25) is 0 Å². The minimum absolute atomic E-state index is 0.171. The van der Waals surface area contributed by atoms with E-state index in [2.05, 4.69) is 56.3 Å². The van der Waals surface area contributed by atoms with Crippen molar-refractivity contribution in [1.82, 2.24) is 0 Å². The maximum absolute atomic E-state index is 6.50. The second kappa shape index (κ2) is 6.72. The van der Waals surface area contributed by atoms with Gasteiger partial charge in [-0.25, -0.2) is 0 Å². The van der Waals surface area contributed by atoms with E-state index < -0.39 is 0 Å². The van der Waals surface area contributed by atoms with E-state index in [1.54, 1.807) is 0 Å². The molecule has 1 unspecified atom stereocenters. The zero-order valence-electron chi connectivity index (χ0n) is 12.1. The molecule has 0 aliphatic heterocycles. The molecule has 0 saturated carbocycles. The molecule has 0 amide bonds. The molecule has 0 bridgehead atoms. The van der Waals surface area contributed by atoms with Crippen LogP contribution in [0.2, 0.25) is 0 Å². The van der Waals surface area contributed by atoms with E-state index in [4.69, 9.17) is 5.73 Å². The van der Waals surface area contributed by atoms with Gasteiger partial charge in [-0.1, -0.05) is 63.1 Å². The predicted molar refractivity (Wildman–Crippen MR) is 84.2 cm³/mol. The lowest BCUT2D eigenvalue weighted by Gasteiger charge is -2.24. The van der Waals surface area contributed by atoms with Gasteiger partial charge in [0, 0.05) is 6.04 Å². The quantitative estimate of drug-likeness (QED) is 0.767. The van der Waals surface area contributed by atoms with Gasteiger partial charge < -0.3 is 5.73 Å². The van der Waals surface area contributed by atoms with Gasteiger partial charge in [-0.05, 0) is 41.2 Å². The molecule has 2 aromatic rings. The summed E-state index contributed by atoms with van der Waals surface area (Å²) in [6.45, 7) is 4.49. The summed E-state index contributed by atoms with van der Waals surface area (Å²) in [5.41, 5.74) is 7.79. The highest BCUT2D eigenvalue weighted by atomic mass is 14.6. The topological polar surface area (TPSA) is 26.0 Å². The molecule has 0 aromatic heterocycles. The van der Waals surface area contributed by atoms with Gasteiger partial charge in [-0.15, -0.1) is 0 Å². The van der Waals surface area contributed by atoms with Crippen LogP contribution in [-0.2, 0) is 0 Å². The van der Waals surface area contributed by atoms with Crippen LogP contribution >= 0.6 is 0 Å². The number of hydrogen-bond donors (Lipinski definition) is 1. The molecule has 0 aliphatic carbocycles. The fourth-order valence-electron chi connectivity index (χ4n) is 2.93. The van der Waals surface area contributed by atoms with Gasteiger partial charge in [-0.3, -0.25) is 0 Å². The standard InChI is InChI=1S/C18H25N/c1-3-7-15(8-4-2)18(19)17-12-11-14-9-5-6-10-16(14)13-17/h5-6,9-13,15,18H,3-4,7-8,19H2,1-2H3. The third-order valence-corrected chi connectivity index (χ3v) is 3.99. The zero-order chi connectivity index (χ0) is 13.7. The van der Waals surface area contributed by atoms with E-state index in [1.165, 1.54) is 42.0 Å². The maximum atomic E-state index is 6.50. The normalized spacial score (nSPS) is 13.1. The van der Waals surface area contributed by atoms with Crippen molar-refractivity contribution in [1.29, 1.82) is 0 Å². The summed E-state index contributed by atoms with van der Waals surface area (Å²) in [7, 11) is 0. The SMILES string of the molecule is CCCC(CCC)C(N)c1ccc2ccccc2c1. The molecule has 19 heavy (non-hydrogen) atoms. The summed E-state index contributed by atoms with van der Waals surface area (Å²) in [5.74, 6) is 0.608. The van der Waals surface area contributed by atoms with Crippen LogP contribution in [0.4, 0.5) is 0 Å². The van der Waals surface area contributed by atoms with E-state index in [0.29, 0.717) is 5.92 Å². The van der Waals surface area contributed by atoms with E-state index in [0.717, 1.165) is 0 Å². The Labute approximate surface area is 116 Å². The molecule has 2 aromatic carbocycles. The Hall–Kier alpha value is -1.34. The van der Waals surface area contributed by atoms with Crippen molar-refractivity contribution in [3.8, 4) is 0 Å². The van der Waals surface area contributed by atoms with Crippen LogP contribution in [0, 0.1) is 5.92 Å². The van der Waals surface area contributed by atoms with Crippen LogP contribution in [0.25, 0.3) is 10.8 Å². The Balaban J connectivity index is 2.26. The molecule has 0 aliphatic rings. The summed E-state index contributed by atoms with van der Waals surface area (Å²) >= 11 is 0. The second-order valence-corrected chi connectivity index (χ2v) is 5.47. The third-order valence-electron chi connectivity index (χ3n) is 3.99. The number of hydrogen-bond acceptors (Lipinski definition) is 1. The molecule has 1 nitrogen and oxygen atoms in total. The van der Waals surface area contributed by atoms with E-state index >= 15 is 0 Å². The Bertz CT molecular complexity index is 512. The van der Waals surface area contributed by atoms with Crippen LogP contribution in [0.15, 0.2) is 42.5 Å². The van der Waals surface area contributed by atoms with Crippen LogP contribution in [0.3, 0.4) is 0 Å². The van der Waals surface area contributed by atoms with Crippen molar-refractivity contribution < 1.29 is 0 Å². The van der Waals surface area contributed by atoms with Crippen molar-refractivity contribution in [3.05, 3.63) is 48.0 Å². The molecule has 0 saturated heterocycles. The zero-order valence-corrected chi connectivity index (χ0v) is 12.1. The molecular weight excluding hydrogens is 230 g/mol. The average Bonchev–Trinajstić information content (AvgIpc) is 2.46. The van der Waals surface area contributed by atoms with Crippen LogP contribution < -0.4 is 5.73 Å². The first-order chi connectivity index (χ1) is 9.26. The molecule has 1 heteroatoms. The predicted octanol–water partition coefficient (Wildman–Crippen LogP) is 5.06. The summed E-state index contributed by atoms with van der Waals surface area (Å²) in [5, 5.41) is 2.59.